The summed E-state index contributed by atoms with van der Waals surface area (Å²) < 4.78 is 5.75. The molecule has 0 saturated heterocycles. The van der Waals surface area contributed by atoms with E-state index in [2.05, 4.69) is 0 Å². The maximum Gasteiger partial charge on any atom is 0.193 e. The Morgan fingerprint density at radius 1 is 1.05 bits per heavy atom. The zero-order chi connectivity index (χ0) is 15.0. The van der Waals surface area contributed by atoms with E-state index in [1.807, 2.05) is 13.0 Å². The molecular formula is C17H14O4. The molecule has 0 saturated carbocycles. The number of fused-ring (bicyclic) bond motifs is 1. The van der Waals surface area contributed by atoms with Crippen molar-refractivity contribution in [3.8, 4) is 11.5 Å². The summed E-state index contributed by atoms with van der Waals surface area (Å²) in [4.78, 5) is 12.1. The van der Waals surface area contributed by atoms with Gasteiger partial charge in [-0.2, -0.15) is 0 Å². The van der Waals surface area contributed by atoms with Crippen molar-refractivity contribution in [2.75, 3.05) is 0 Å². The van der Waals surface area contributed by atoms with E-state index in [1.54, 1.807) is 24.3 Å². The predicted octanol–water partition coefficient (Wildman–Crippen LogP) is 3.36. The Balaban J connectivity index is 2.15. The fraction of sp³-hybridized carbons (Fsp3) is 0.118. The summed E-state index contributed by atoms with van der Waals surface area (Å²) in [5.41, 5.74) is 0.890. The van der Waals surface area contributed by atoms with Gasteiger partial charge >= 0.3 is 0 Å². The van der Waals surface area contributed by atoms with Crippen LogP contribution in [0.4, 0.5) is 0 Å². The van der Waals surface area contributed by atoms with Gasteiger partial charge in [0.15, 0.2) is 5.43 Å². The molecule has 1 heterocycles. The maximum absolute atomic E-state index is 12.1. The summed E-state index contributed by atoms with van der Waals surface area (Å²) in [5, 5.41) is 19.7. The van der Waals surface area contributed by atoms with Crippen LogP contribution < -0.4 is 5.43 Å². The highest BCUT2D eigenvalue weighted by molar-refractivity contribution is 5.78. The normalized spacial score (nSPS) is 12.4. The number of phenols is 2. The van der Waals surface area contributed by atoms with Gasteiger partial charge < -0.3 is 14.6 Å². The number of para-hydroxylation sites is 1. The Morgan fingerprint density at radius 3 is 2.57 bits per heavy atom. The molecule has 0 aliphatic rings. The zero-order valence-electron chi connectivity index (χ0n) is 11.4. The van der Waals surface area contributed by atoms with Crippen molar-refractivity contribution in [2.45, 2.75) is 12.8 Å². The molecule has 1 aromatic heterocycles. The number of benzene rings is 2. The van der Waals surface area contributed by atoms with Crippen molar-refractivity contribution >= 4 is 11.0 Å². The van der Waals surface area contributed by atoms with Crippen molar-refractivity contribution in [3.63, 3.8) is 0 Å². The van der Waals surface area contributed by atoms with E-state index in [1.165, 1.54) is 18.2 Å². The van der Waals surface area contributed by atoms with Gasteiger partial charge in [-0.05, 0) is 24.3 Å². The second-order valence-electron chi connectivity index (χ2n) is 4.97. The minimum absolute atomic E-state index is 0.0244. The van der Waals surface area contributed by atoms with Gasteiger partial charge in [-0.15, -0.1) is 0 Å². The van der Waals surface area contributed by atoms with Gasteiger partial charge in [-0.3, -0.25) is 4.79 Å². The van der Waals surface area contributed by atoms with Crippen LogP contribution in [0.5, 0.6) is 11.5 Å². The van der Waals surface area contributed by atoms with Crippen LogP contribution >= 0.6 is 0 Å². The molecule has 0 amide bonds. The topological polar surface area (TPSA) is 70.7 Å². The van der Waals surface area contributed by atoms with Crippen molar-refractivity contribution in [1.29, 1.82) is 0 Å². The molecule has 1 unspecified atom stereocenters. The molecule has 0 spiro atoms. The van der Waals surface area contributed by atoms with Crippen LogP contribution in [0.25, 0.3) is 11.0 Å². The van der Waals surface area contributed by atoms with Crippen molar-refractivity contribution in [3.05, 3.63) is 70.1 Å². The van der Waals surface area contributed by atoms with Crippen molar-refractivity contribution < 1.29 is 14.6 Å². The first kappa shape index (κ1) is 13.2. The maximum atomic E-state index is 12.1. The SMILES string of the molecule is CC(c1cc(=O)c2cc(O)ccc2o1)c1ccccc1O. The first-order valence-electron chi connectivity index (χ1n) is 6.61. The summed E-state index contributed by atoms with van der Waals surface area (Å²) in [6.45, 7) is 1.86. The lowest BCUT2D eigenvalue weighted by atomic mass is 9.97. The smallest absolute Gasteiger partial charge is 0.193 e. The highest BCUT2D eigenvalue weighted by Gasteiger charge is 2.16. The molecule has 3 rings (SSSR count). The summed E-state index contributed by atoms with van der Waals surface area (Å²) in [7, 11) is 0. The van der Waals surface area contributed by atoms with Crippen LogP contribution in [-0.4, -0.2) is 10.2 Å². The minimum Gasteiger partial charge on any atom is -0.508 e. The van der Waals surface area contributed by atoms with Gasteiger partial charge in [0.1, 0.15) is 22.8 Å². The molecule has 1 atom stereocenters. The van der Waals surface area contributed by atoms with Crippen LogP contribution in [0.15, 0.2) is 57.7 Å². The molecular weight excluding hydrogens is 268 g/mol. The average Bonchev–Trinajstić information content (AvgIpc) is 2.47. The van der Waals surface area contributed by atoms with Crippen LogP contribution in [0, 0.1) is 0 Å². The van der Waals surface area contributed by atoms with E-state index in [-0.39, 0.29) is 22.8 Å². The average molecular weight is 282 g/mol. The number of hydrogen-bond donors (Lipinski definition) is 2. The first-order chi connectivity index (χ1) is 10.1. The number of hydrogen-bond acceptors (Lipinski definition) is 4. The molecule has 21 heavy (non-hydrogen) atoms. The fourth-order valence-electron chi connectivity index (χ4n) is 2.38. The van der Waals surface area contributed by atoms with Gasteiger partial charge in [0.2, 0.25) is 0 Å². The highest BCUT2D eigenvalue weighted by atomic mass is 16.3. The van der Waals surface area contributed by atoms with Crippen LogP contribution in [0.1, 0.15) is 24.2 Å². The summed E-state index contributed by atoms with van der Waals surface area (Å²) in [5.74, 6) is 0.409. The van der Waals surface area contributed by atoms with Gasteiger partial charge in [-0.25, -0.2) is 0 Å². The molecule has 2 N–H and O–H groups in total. The van der Waals surface area contributed by atoms with Gasteiger partial charge in [-0.1, -0.05) is 25.1 Å². The predicted molar refractivity (Wildman–Crippen MR) is 79.8 cm³/mol. The third kappa shape index (κ3) is 2.36. The monoisotopic (exact) mass is 282 g/mol. The third-order valence-corrected chi connectivity index (χ3v) is 3.56. The quantitative estimate of drug-likeness (QED) is 0.756. The molecule has 4 heteroatoms. The molecule has 0 aliphatic carbocycles. The molecule has 2 aromatic carbocycles. The number of aromatic hydroxyl groups is 2. The van der Waals surface area contributed by atoms with E-state index in [0.717, 1.165) is 0 Å². The van der Waals surface area contributed by atoms with E-state index in [9.17, 15) is 15.0 Å². The van der Waals surface area contributed by atoms with Gasteiger partial charge in [0, 0.05) is 17.5 Å². The molecule has 0 bridgehead atoms. The van der Waals surface area contributed by atoms with E-state index >= 15 is 0 Å². The lowest BCUT2D eigenvalue weighted by molar-refractivity contribution is 0.456. The fourth-order valence-corrected chi connectivity index (χ4v) is 2.38. The van der Waals surface area contributed by atoms with E-state index in [4.69, 9.17) is 4.42 Å². The summed E-state index contributed by atoms with van der Waals surface area (Å²) >= 11 is 0. The largest absolute Gasteiger partial charge is 0.508 e. The minimum atomic E-state index is -0.253. The first-order valence-corrected chi connectivity index (χ1v) is 6.61. The van der Waals surface area contributed by atoms with Gasteiger partial charge in [0.25, 0.3) is 0 Å². The second-order valence-corrected chi connectivity index (χ2v) is 4.97. The Morgan fingerprint density at radius 2 is 1.81 bits per heavy atom. The Hall–Kier alpha value is -2.75. The molecule has 0 fully saturated rings. The molecule has 106 valence electrons. The van der Waals surface area contributed by atoms with Crippen LogP contribution in [0.3, 0.4) is 0 Å². The Labute approximate surface area is 120 Å². The molecule has 3 aromatic rings. The second kappa shape index (κ2) is 4.98. The van der Waals surface area contributed by atoms with Gasteiger partial charge in [0.05, 0.1) is 5.39 Å². The lowest BCUT2D eigenvalue weighted by Crippen LogP contribution is -2.05. The van der Waals surface area contributed by atoms with E-state index < -0.39 is 0 Å². The summed E-state index contributed by atoms with van der Waals surface area (Å²) in [6.07, 6.45) is 0. The molecule has 0 radical (unpaired) electrons. The number of phenolic OH excluding ortho intramolecular Hbond substituents is 2. The third-order valence-electron chi connectivity index (χ3n) is 3.56. The summed E-state index contributed by atoms with van der Waals surface area (Å²) in [6, 6.07) is 12.8. The Kier molecular flexibility index (Phi) is 3.14. The molecule has 0 aliphatic heterocycles. The number of rotatable bonds is 2. The Bertz CT molecular complexity index is 864. The molecule has 4 nitrogen and oxygen atoms in total. The lowest BCUT2D eigenvalue weighted by Gasteiger charge is -2.13. The van der Waals surface area contributed by atoms with Crippen LogP contribution in [-0.2, 0) is 0 Å². The zero-order valence-corrected chi connectivity index (χ0v) is 11.4. The van der Waals surface area contributed by atoms with Crippen molar-refractivity contribution in [2.24, 2.45) is 0 Å². The van der Waals surface area contributed by atoms with Crippen molar-refractivity contribution in [1.82, 2.24) is 0 Å². The highest BCUT2D eigenvalue weighted by Crippen LogP contribution is 2.31. The van der Waals surface area contributed by atoms with E-state index in [0.29, 0.717) is 22.3 Å². The standard InChI is InChI=1S/C17H14O4/c1-10(12-4-2-3-5-14(12)19)17-9-15(20)13-8-11(18)6-7-16(13)21-17/h2-10,18-19H,1H3. The van der Waals surface area contributed by atoms with Crippen LogP contribution in [0.2, 0.25) is 0 Å².